The standard InChI is InChI=1S/C28H36N10O2/c1-17-14-38(15-21(31)26(17)33-8-6-29)24-5-7-32-13-23(24)35-28(40)27-20(30)11-18-3-4-19(12-22(18)34-27)37-10-9-36(2)25(39)16-37/h3-8,11-13,17,21,26,33H,9-10,14-16,29-31H2,1-2H3,(H,35,40). The zero-order chi connectivity index (χ0) is 28.4. The summed E-state index contributed by atoms with van der Waals surface area (Å²) in [5.74, 6) is -0.151. The number of amides is 2. The fourth-order valence-electron chi connectivity index (χ4n) is 5.45. The topological polar surface area (TPSA) is 172 Å². The highest BCUT2D eigenvalue weighted by Crippen LogP contribution is 2.31. The van der Waals surface area contributed by atoms with Crippen molar-refractivity contribution in [1.29, 1.82) is 0 Å². The Morgan fingerprint density at radius 3 is 2.73 bits per heavy atom. The number of aromatic nitrogens is 2. The average molecular weight is 545 g/mol. The number of anilines is 4. The number of nitrogens with zero attached hydrogens (tertiary/aromatic N) is 5. The van der Waals surface area contributed by atoms with Crippen LogP contribution in [-0.2, 0) is 4.79 Å². The number of carbonyl (C=O) groups excluding carboxylic acids is 2. The number of carbonyl (C=O) groups is 2. The summed E-state index contributed by atoms with van der Waals surface area (Å²) >= 11 is 0. The van der Waals surface area contributed by atoms with E-state index in [4.69, 9.17) is 17.2 Å². The number of nitrogens with one attached hydrogen (secondary N) is 2. The minimum absolute atomic E-state index is 0.0622. The molecule has 2 aliphatic rings. The fraction of sp³-hybridized carbons (Fsp3) is 0.357. The molecule has 0 bridgehead atoms. The maximum atomic E-state index is 13.5. The third-order valence-corrected chi connectivity index (χ3v) is 7.65. The Labute approximate surface area is 233 Å². The van der Waals surface area contributed by atoms with Crippen LogP contribution < -0.4 is 37.6 Å². The first kappa shape index (κ1) is 27.0. The number of benzene rings is 1. The molecule has 3 aromatic rings. The summed E-state index contributed by atoms with van der Waals surface area (Å²) in [7, 11) is 1.80. The summed E-state index contributed by atoms with van der Waals surface area (Å²) in [5, 5.41) is 7.05. The molecule has 40 heavy (non-hydrogen) atoms. The zero-order valence-corrected chi connectivity index (χ0v) is 22.7. The van der Waals surface area contributed by atoms with Gasteiger partial charge in [-0.15, -0.1) is 0 Å². The first-order valence-corrected chi connectivity index (χ1v) is 13.3. The Morgan fingerprint density at radius 2 is 1.98 bits per heavy atom. The Kier molecular flexibility index (Phi) is 7.60. The van der Waals surface area contributed by atoms with Gasteiger partial charge in [-0.05, 0) is 30.2 Å². The molecule has 0 spiro atoms. The number of piperidine rings is 1. The molecule has 2 aromatic heterocycles. The van der Waals surface area contributed by atoms with Crippen LogP contribution in [0.25, 0.3) is 10.9 Å². The van der Waals surface area contributed by atoms with Gasteiger partial charge in [0, 0.05) is 75.0 Å². The van der Waals surface area contributed by atoms with Crippen LogP contribution in [0.5, 0.6) is 0 Å². The summed E-state index contributed by atoms with van der Waals surface area (Å²) in [5.41, 5.74) is 21.5. The summed E-state index contributed by atoms with van der Waals surface area (Å²) in [6, 6.07) is 9.27. The molecule has 1 aromatic carbocycles. The van der Waals surface area contributed by atoms with E-state index in [1.807, 2.05) is 29.2 Å². The van der Waals surface area contributed by atoms with E-state index in [1.54, 1.807) is 36.6 Å². The van der Waals surface area contributed by atoms with Crippen LogP contribution in [0.1, 0.15) is 17.4 Å². The molecule has 4 heterocycles. The molecule has 8 N–H and O–H groups in total. The highest BCUT2D eigenvalue weighted by atomic mass is 16.2. The zero-order valence-electron chi connectivity index (χ0n) is 22.7. The Hall–Kier alpha value is -4.58. The van der Waals surface area contributed by atoms with Gasteiger partial charge in [0.1, 0.15) is 0 Å². The van der Waals surface area contributed by atoms with Crippen LogP contribution >= 0.6 is 0 Å². The van der Waals surface area contributed by atoms with Gasteiger partial charge in [0.15, 0.2) is 5.69 Å². The van der Waals surface area contributed by atoms with E-state index in [0.29, 0.717) is 30.8 Å². The number of fused-ring (bicyclic) bond motifs is 1. The van der Waals surface area contributed by atoms with E-state index in [-0.39, 0.29) is 35.3 Å². The normalized spacial score (nSPS) is 21.7. The summed E-state index contributed by atoms with van der Waals surface area (Å²) in [6.45, 7) is 5.10. The lowest BCUT2D eigenvalue weighted by Gasteiger charge is -2.42. The largest absolute Gasteiger partial charge is 0.403 e. The summed E-state index contributed by atoms with van der Waals surface area (Å²) in [6.07, 6.45) is 6.48. The van der Waals surface area contributed by atoms with Gasteiger partial charge in [-0.2, -0.15) is 0 Å². The van der Waals surface area contributed by atoms with E-state index in [1.165, 1.54) is 6.20 Å². The lowest BCUT2D eigenvalue weighted by molar-refractivity contribution is -0.129. The average Bonchev–Trinajstić information content (AvgIpc) is 2.93. The number of likely N-dealkylation sites (N-methyl/N-ethyl adjacent to an activating group) is 1. The maximum absolute atomic E-state index is 13.5. The minimum Gasteiger partial charge on any atom is -0.403 e. The fourth-order valence-corrected chi connectivity index (χ4v) is 5.45. The quantitative estimate of drug-likeness (QED) is 0.300. The number of pyridine rings is 2. The molecule has 210 valence electrons. The summed E-state index contributed by atoms with van der Waals surface area (Å²) < 4.78 is 0. The van der Waals surface area contributed by atoms with Crippen molar-refractivity contribution in [1.82, 2.24) is 20.2 Å². The molecule has 3 atom stereocenters. The maximum Gasteiger partial charge on any atom is 0.276 e. The minimum atomic E-state index is -0.434. The Morgan fingerprint density at radius 1 is 1.15 bits per heavy atom. The molecule has 2 amide bonds. The second-order valence-electron chi connectivity index (χ2n) is 10.5. The first-order chi connectivity index (χ1) is 19.2. The van der Waals surface area contributed by atoms with Crippen molar-refractivity contribution in [2.24, 2.45) is 17.4 Å². The van der Waals surface area contributed by atoms with Crippen molar-refractivity contribution >= 4 is 45.5 Å². The number of hydrogen-bond donors (Lipinski definition) is 5. The molecule has 0 radical (unpaired) electrons. The van der Waals surface area contributed by atoms with Crippen LogP contribution in [0.2, 0.25) is 0 Å². The van der Waals surface area contributed by atoms with Crippen LogP contribution in [0.4, 0.5) is 22.7 Å². The molecule has 12 nitrogen and oxygen atoms in total. The number of piperazine rings is 1. The van der Waals surface area contributed by atoms with Crippen LogP contribution in [-0.4, -0.2) is 78.5 Å². The Bertz CT molecular complexity index is 1430. The molecule has 0 aliphatic carbocycles. The molecule has 2 aliphatic heterocycles. The monoisotopic (exact) mass is 544 g/mol. The third kappa shape index (κ3) is 5.43. The van der Waals surface area contributed by atoms with E-state index in [0.717, 1.165) is 29.9 Å². The third-order valence-electron chi connectivity index (χ3n) is 7.65. The first-order valence-electron chi connectivity index (χ1n) is 13.3. The van der Waals surface area contributed by atoms with Gasteiger partial charge in [0.2, 0.25) is 5.91 Å². The van der Waals surface area contributed by atoms with Crippen molar-refractivity contribution in [2.75, 3.05) is 60.6 Å². The molecular weight excluding hydrogens is 508 g/mol. The number of nitrogen functional groups attached to an aromatic ring is 1. The lowest BCUT2D eigenvalue weighted by atomic mass is 9.90. The molecule has 3 unspecified atom stereocenters. The second-order valence-corrected chi connectivity index (χ2v) is 10.5. The van der Waals surface area contributed by atoms with E-state index < -0.39 is 5.91 Å². The SMILES string of the molecule is CC1CN(c2ccncc2NC(=O)c2nc3cc(N4CCN(C)C(=O)C4)ccc3cc2N)CC(N)C1NC=CN. The molecule has 2 fully saturated rings. The highest BCUT2D eigenvalue weighted by Gasteiger charge is 2.33. The van der Waals surface area contributed by atoms with Crippen LogP contribution in [0.15, 0.2) is 55.1 Å². The van der Waals surface area contributed by atoms with Gasteiger partial charge in [-0.1, -0.05) is 13.0 Å². The van der Waals surface area contributed by atoms with Gasteiger partial charge >= 0.3 is 0 Å². The molecular formula is C28H36N10O2. The van der Waals surface area contributed by atoms with Crippen molar-refractivity contribution in [3.8, 4) is 0 Å². The van der Waals surface area contributed by atoms with Gasteiger partial charge in [-0.25, -0.2) is 4.98 Å². The van der Waals surface area contributed by atoms with Crippen LogP contribution in [0.3, 0.4) is 0 Å². The van der Waals surface area contributed by atoms with E-state index in [2.05, 4.69) is 32.4 Å². The predicted octanol–water partition coefficient (Wildman–Crippen LogP) is 0.914. The van der Waals surface area contributed by atoms with Crippen molar-refractivity contribution in [3.63, 3.8) is 0 Å². The molecule has 5 rings (SSSR count). The van der Waals surface area contributed by atoms with E-state index >= 15 is 0 Å². The molecule has 2 saturated heterocycles. The number of hydrogen-bond acceptors (Lipinski definition) is 10. The smallest absolute Gasteiger partial charge is 0.276 e. The van der Waals surface area contributed by atoms with Crippen molar-refractivity contribution in [3.05, 3.63) is 60.8 Å². The number of nitrogens with two attached hydrogens (primary N) is 3. The predicted molar refractivity (Wildman–Crippen MR) is 158 cm³/mol. The van der Waals surface area contributed by atoms with Crippen LogP contribution in [0, 0.1) is 5.92 Å². The molecule has 0 saturated carbocycles. The van der Waals surface area contributed by atoms with Gasteiger partial charge < -0.3 is 42.5 Å². The van der Waals surface area contributed by atoms with Gasteiger partial charge in [0.25, 0.3) is 5.91 Å². The van der Waals surface area contributed by atoms with E-state index in [9.17, 15) is 9.59 Å². The van der Waals surface area contributed by atoms with Crippen molar-refractivity contribution < 1.29 is 9.59 Å². The van der Waals surface area contributed by atoms with Gasteiger partial charge in [0.05, 0.1) is 35.3 Å². The van der Waals surface area contributed by atoms with Crippen molar-refractivity contribution in [2.45, 2.75) is 19.0 Å². The summed E-state index contributed by atoms with van der Waals surface area (Å²) in [4.78, 5) is 40.4. The number of rotatable bonds is 6. The van der Waals surface area contributed by atoms with Gasteiger partial charge in [-0.3, -0.25) is 14.6 Å². The Balaban J connectivity index is 1.37. The molecule has 12 heteroatoms. The highest BCUT2D eigenvalue weighted by molar-refractivity contribution is 6.09. The lowest BCUT2D eigenvalue weighted by Crippen LogP contribution is -2.60. The second kappa shape index (κ2) is 11.3.